The topological polar surface area (TPSA) is 119 Å². The van der Waals surface area contributed by atoms with E-state index in [1.165, 1.54) is 25.0 Å². The van der Waals surface area contributed by atoms with Crippen LogP contribution in [0.4, 0.5) is 5.69 Å². The molecular formula is C16H23N3O5. The summed E-state index contributed by atoms with van der Waals surface area (Å²) in [5.41, 5.74) is 5.13. The van der Waals surface area contributed by atoms with Crippen LogP contribution in [0.5, 0.6) is 11.5 Å². The van der Waals surface area contributed by atoms with Crippen molar-refractivity contribution in [2.24, 2.45) is 5.73 Å². The van der Waals surface area contributed by atoms with E-state index in [1.807, 2.05) is 13.8 Å². The summed E-state index contributed by atoms with van der Waals surface area (Å²) in [7, 11) is 0. The molecular weight excluding hydrogens is 314 g/mol. The third kappa shape index (κ3) is 4.58. The molecule has 3 N–H and O–H groups in total. The second-order valence-corrected chi connectivity index (χ2v) is 6.69. The van der Waals surface area contributed by atoms with Gasteiger partial charge in [-0.1, -0.05) is 0 Å². The largest absolute Gasteiger partial charge is 0.502 e. The van der Waals surface area contributed by atoms with Crippen LogP contribution in [0.1, 0.15) is 32.3 Å². The van der Waals surface area contributed by atoms with Crippen molar-refractivity contribution in [3.8, 4) is 11.5 Å². The molecule has 1 amide bonds. The van der Waals surface area contributed by atoms with E-state index in [0.29, 0.717) is 18.7 Å². The van der Waals surface area contributed by atoms with Crippen molar-refractivity contribution in [3.63, 3.8) is 0 Å². The molecule has 0 radical (unpaired) electrons. The molecule has 8 nitrogen and oxygen atoms in total. The lowest BCUT2D eigenvalue weighted by atomic mass is 10.0. The first-order valence-corrected chi connectivity index (χ1v) is 7.88. The molecule has 0 unspecified atom stereocenters. The summed E-state index contributed by atoms with van der Waals surface area (Å²) in [6.45, 7) is 6.33. The van der Waals surface area contributed by atoms with Crippen LogP contribution in [0.3, 0.4) is 0 Å². The minimum atomic E-state index is -0.596. The second-order valence-electron chi connectivity index (χ2n) is 6.69. The molecule has 132 valence electrons. The Balaban J connectivity index is 0.000000198. The second kappa shape index (κ2) is 7.04. The van der Waals surface area contributed by atoms with Gasteiger partial charge in [0.1, 0.15) is 11.4 Å². The predicted octanol–water partition coefficient (Wildman–Crippen LogP) is 1.58. The fourth-order valence-corrected chi connectivity index (χ4v) is 2.93. The summed E-state index contributed by atoms with van der Waals surface area (Å²) in [5, 5.41) is 20.0. The van der Waals surface area contributed by atoms with Crippen molar-refractivity contribution in [2.45, 2.75) is 38.7 Å². The molecule has 3 rings (SSSR count). The zero-order valence-electron chi connectivity index (χ0n) is 13.9. The fraction of sp³-hybridized carbons (Fsp3) is 0.562. The van der Waals surface area contributed by atoms with Crippen molar-refractivity contribution < 1.29 is 19.6 Å². The minimum absolute atomic E-state index is 0.211. The Bertz CT molecular complexity index is 639. The molecule has 1 aromatic rings. The lowest BCUT2D eigenvalue weighted by Crippen LogP contribution is -2.31. The minimum Gasteiger partial charge on any atom is -0.502 e. The Hall–Kier alpha value is -2.35. The molecule has 24 heavy (non-hydrogen) atoms. The summed E-state index contributed by atoms with van der Waals surface area (Å²) in [5.74, 6) is -0.0311. The van der Waals surface area contributed by atoms with Crippen molar-refractivity contribution in [1.82, 2.24) is 4.90 Å². The van der Waals surface area contributed by atoms with E-state index < -0.39 is 4.92 Å². The van der Waals surface area contributed by atoms with Gasteiger partial charge in [-0.2, -0.15) is 0 Å². The lowest BCUT2D eigenvalue weighted by molar-refractivity contribution is -0.385. The Kier molecular flexibility index (Phi) is 5.28. The van der Waals surface area contributed by atoms with E-state index in [4.69, 9.17) is 10.5 Å². The number of aromatic hydroxyl groups is 1. The number of hydrogen-bond acceptors (Lipinski definition) is 6. The molecule has 0 bridgehead atoms. The summed E-state index contributed by atoms with van der Waals surface area (Å²) in [6, 6.07) is 2.68. The van der Waals surface area contributed by atoms with Crippen LogP contribution >= 0.6 is 0 Å². The highest BCUT2D eigenvalue weighted by Gasteiger charge is 2.32. The van der Waals surface area contributed by atoms with E-state index in [-0.39, 0.29) is 22.9 Å². The van der Waals surface area contributed by atoms with Gasteiger partial charge in [-0.15, -0.1) is 0 Å². The Morgan fingerprint density at radius 1 is 1.42 bits per heavy atom. The van der Waals surface area contributed by atoms with Gasteiger partial charge in [0, 0.05) is 24.1 Å². The molecule has 1 fully saturated rings. The lowest BCUT2D eigenvalue weighted by Gasteiger charge is -2.16. The molecule has 1 saturated heterocycles. The van der Waals surface area contributed by atoms with Crippen molar-refractivity contribution in [2.75, 3.05) is 19.6 Å². The van der Waals surface area contributed by atoms with Crippen LogP contribution in [0.25, 0.3) is 0 Å². The summed E-state index contributed by atoms with van der Waals surface area (Å²) < 4.78 is 5.53. The first kappa shape index (κ1) is 18.0. The molecule has 2 heterocycles. The molecule has 0 atom stereocenters. The summed E-state index contributed by atoms with van der Waals surface area (Å²) in [4.78, 5) is 22.4. The summed E-state index contributed by atoms with van der Waals surface area (Å²) in [6.07, 6.45) is 3.05. The number of nitrogens with zero attached hydrogens (tertiary/aromatic N) is 2. The zero-order chi connectivity index (χ0) is 17.9. The number of hydrogen-bond donors (Lipinski definition) is 2. The number of benzene rings is 1. The van der Waals surface area contributed by atoms with E-state index in [0.717, 1.165) is 18.7 Å². The number of ether oxygens (including phenoxy) is 1. The zero-order valence-corrected chi connectivity index (χ0v) is 13.9. The quantitative estimate of drug-likeness (QED) is 0.638. The normalized spacial score (nSPS) is 18.2. The Labute approximate surface area is 140 Å². The first-order valence-electron chi connectivity index (χ1n) is 7.88. The average Bonchev–Trinajstić information content (AvgIpc) is 3.03. The van der Waals surface area contributed by atoms with E-state index in [1.54, 1.807) is 0 Å². The maximum atomic E-state index is 10.6. The van der Waals surface area contributed by atoms with Gasteiger partial charge in [-0.25, -0.2) is 0 Å². The number of nitro groups is 1. The van der Waals surface area contributed by atoms with Crippen LogP contribution in [0, 0.1) is 10.1 Å². The number of likely N-dealkylation sites (tertiary alicyclic amines) is 1. The maximum Gasteiger partial charge on any atom is 0.311 e. The number of carbonyl (C=O) groups excluding carboxylic acids is 1. The predicted molar refractivity (Wildman–Crippen MR) is 88.0 cm³/mol. The standard InChI is InChI=1S/C10H11NO4.C6H12N2O/c1-10(2)5-6-3-7(11(13)14)8(12)4-9(6)15-10;7-6(9)5-8-3-1-2-4-8/h3-4,12H,5H2,1-2H3;1-5H2,(H2,7,9). The number of rotatable bonds is 3. The van der Waals surface area contributed by atoms with E-state index in [9.17, 15) is 20.0 Å². The van der Waals surface area contributed by atoms with E-state index >= 15 is 0 Å². The molecule has 0 spiro atoms. The number of carbonyl (C=O) groups is 1. The molecule has 2 aliphatic heterocycles. The number of nitro benzene ring substituents is 1. The maximum absolute atomic E-state index is 10.6. The average molecular weight is 337 g/mol. The molecule has 2 aliphatic rings. The van der Waals surface area contributed by atoms with Gasteiger partial charge in [0.05, 0.1) is 11.5 Å². The monoisotopic (exact) mass is 337 g/mol. The number of fused-ring (bicyclic) bond motifs is 1. The van der Waals surface area contributed by atoms with Crippen LogP contribution in [0.2, 0.25) is 0 Å². The van der Waals surface area contributed by atoms with Gasteiger partial charge in [0.2, 0.25) is 5.91 Å². The Morgan fingerprint density at radius 3 is 2.58 bits per heavy atom. The Morgan fingerprint density at radius 2 is 2.04 bits per heavy atom. The van der Waals surface area contributed by atoms with Gasteiger partial charge in [-0.05, 0) is 39.8 Å². The van der Waals surface area contributed by atoms with Crippen LogP contribution in [-0.4, -0.2) is 46.1 Å². The number of primary amides is 1. The highest BCUT2D eigenvalue weighted by Crippen LogP contribution is 2.41. The number of nitrogens with two attached hydrogens (primary N) is 1. The van der Waals surface area contributed by atoms with Crippen molar-refractivity contribution in [3.05, 3.63) is 27.8 Å². The number of phenolic OH excluding ortho intramolecular Hbond substituents is 1. The highest BCUT2D eigenvalue weighted by molar-refractivity contribution is 5.75. The van der Waals surface area contributed by atoms with Crippen LogP contribution in [0.15, 0.2) is 12.1 Å². The van der Waals surface area contributed by atoms with Crippen molar-refractivity contribution >= 4 is 11.6 Å². The van der Waals surface area contributed by atoms with Crippen LogP contribution in [-0.2, 0) is 11.2 Å². The molecule has 0 saturated carbocycles. The molecule has 0 aliphatic carbocycles. The van der Waals surface area contributed by atoms with Gasteiger partial charge in [0.25, 0.3) is 0 Å². The van der Waals surface area contributed by atoms with Gasteiger partial charge in [-0.3, -0.25) is 19.8 Å². The molecule has 8 heteroatoms. The van der Waals surface area contributed by atoms with Crippen molar-refractivity contribution in [1.29, 1.82) is 0 Å². The fourth-order valence-electron chi connectivity index (χ4n) is 2.93. The third-order valence-corrected chi connectivity index (χ3v) is 3.93. The van der Waals surface area contributed by atoms with Crippen LogP contribution < -0.4 is 10.5 Å². The smallest absolute Gasteiger partial charge is 0.311 e. The molecule has 1 aromatic carbocycles. The van der Waals surface area contributed by atoms with E-state index in [2.05, 4.69) is 4.90 Å². The van der Waals surface area contributed by atoms with Gasteiger partial charge >= 0.3 is 5.69 Å². The number of amides is 1. The van der Waals surface area contributed by atoms with Gasteiger partial charge in [0.15, 0.2) is 5.75 Å². The SMILES string of the molecule is CC1(C)Cc2cc([N+](=O)[O-])c(O)cc2O1.NC(=O)CN1CCCC1. The third-order valence-electron chi connectivity index (χ3n) is 3.93. The number of phenols is 1. The summed E-state index contributed by atoms with van der Waals surface area (Å²) >= 11 is 0. The first-order chi connectivity index (χ1) is 11.2. The molecule has 0 aromatic heterocycles. The van der Waals surface area contributed by atoms with Gasteiger partial charge < -0.3 is 15.6 Å². The highest BCUT2D eigenvalue weighted by atomic mass is 16.6.